The third kappa shape index (κ3) is 9.33. The van der Waals surface area contributed by atoms with Gasteiger partial charge in [-0.15, -0.1) is 11.3 Å². The molecule has 13 nitrogen and oxygen atoms in total. The lowest BCUT2D eigenvalue weighted by Crippen LogP contribution is -2.50. The second-order valence-electron chi connectivity index (χ2n) is 7.82. The van der Waals surface area contributed by atoms with Crippen molar-refractivity contribution < 1.29 is 45.5 Å². The minimum absolute atomic E-state index is 0.0321. The number of thiophene rings is 1. The molecule has 41 heavy (non-hydrogen) atoms. The number of aromatic nitrogens is 2. The largest absolute Gasteiger partial charge is 0.491 e. The maximum absolute atomic E-state index is 12.6. The Kier molecular flexibility index (Phi) is 10.5. The van der Waals surface area contributed by atoms with Gasteiger partial charge >= 0.3 is 18.1 Å². The Bertz CT molecular complexity index is 1490. The van der Waals surface area contributed by atoms with Crippen molar-refractivity contribution in [2.75, 3.05) is 25.0 Å². The number of rotatable bonds is 12. The molecule has 3 rings (SSSR count). The van der Waals surface area contributed by atoms with Crippen molar-refractivity contribution in [3.8, 4) is 0 Å². The first-order chi connectivity index (χ1) is 19.4. The van der Waals surface area contributed by atoms with Crippen LogP contribution in [-0.4, -0.2) is 74.0 Å². The van der Waals surface area contributed by atoms with Crippen molar-refractivity contribution in [3.63, 3.8) is 0 Å². The molecule has 1 atom stereocenters. The second-order valence-corrected chi connectivity index (χ2v) is 10.6. The van der Waals surface area contributed by atoms with Crippen LogP contribution in [0.1, 0.15) is 19.3 Å². The Labute approximate surface area is 234 Å². The lowest BCUT2D eigenvalue weighted by atomic mass is 10.3. The van der Waals surface area contributed by atoms with Gasteiger partial charge in [0.1, 0.15) is 6.04 Å². The zero-order valence-electron chi connectivity index (χ0n) is 20.7. The van der Waals surface area contributed by atoms with Crippen LogP contribution in [0.4, 0.5) is 19.1 Å². The van der Waals surface area contributed by atoms with Gasteiger partial charge in [0, 0.05) is 32.0 Å². The lowest BCUT2D eigenvalue weighted by Gasteiger charge is -2.18. The third-order valence-electron chi connectivity index (χ3n) is 4.84. The van der Waals surface area contributed by atoms with Crippen molar-refractivity contribution in [2.45, 2.75) is 17.1 Å². The molecule has 0 saturated carbocycles. The van der Waals surface area contributed by atoms with Crippen LogP contribution in [0.3, 0.4) is 0 Å². The zero-order valence-corrected chi connectivity index (χ0v) is 22.3. The van der Waals surface area contributed by atoms with Gasteiger partial charge in [0.15, 0.2) is 0 Å². The normalized spacial score (nSPS) is 12.2. The summed E-state index contributed by atoms with van der Waals surface area (Å²) >= 11 is 0.761. The Morgan fingerprint density at radius 1 is 0.878 bits per heavy atom. The quantitative estimate of drug-likeness (QED) is 0.131. The number of amides is 2. The molecule has 0 aliphatic heterocycles. The van der Waals surface area contributed by atoms with Crippen molar-refractivity contribution in [3.05, 3.63) is 70.7 Å². The number of anilines is 1. The average Bonchev–Trinajstić information content (AvgIpc) is 3.44. The summed E-state index contributed by atoms with van der Waals surface area (Å²) in [4.78, 5) is 56.1. The molecule has 0 saturated heterocycles. The fourth-order valence-electron chi connectivity index (χ4n) is 2.94. The van der Waals surface area contributed by atoms with Crippen LogP contribution in [0, 0.1) is 0 Å². The van der Waals surface area contributed by atoms with Crippen LogP contribution in [0.2, 0.25) is 0 Å². The van der Waals surface area contributed by atoms with E-state index in [0.29, 0.717) is 12.5 Å². The van der Waals surface area contributed by atoms with Gasteiger partial charge < -0.3 is 20.7 Å². The van der Waals surface area contributed by atoms with Gasteiger partial charge in [0.05, 0.1) is 14.6 Å². The molecule has 1 aromatic carbocycles. The minimum atomic E-state index is -5.53. The van der Waals surface area contributed by atoms with Crippen molar-refractivity contribution >= 4 is 51.1 Å². The van der Waals surface area contributed by atoms with E-state index in [4.69, 9.17) is 0 Å². The molecule has 3 aromatic rings. The molecule has 0 radical (unpaired) electrons. The summed E-state index contributed by atoms with van der Waals surface area (Å²) < 4.78 is 68.6. The molecule has 4 N–H and O–H groups in total. The average molecular weight is 615 g/mol. The van der Waals surface area contributed by atoms with Crippen LogP contribution in [0.15, 0.2) is 65.8 Å². The minimum Gasteiger partial charge on any atom is -0.385 e. The monoisotopic (exact) mass is 614 g/mol. The zero-order chi connectivity index (χ0) is 30.0. The SMILES string of the molecule is O=C(NCCNc1ncccn1)c1ccc(C(=O)NCC(NS(=O)(=O)c2ccccc2)C(=O)OC(=O)C(F)(F)F)s1. The van der Waals surface area contributed by atoms with E-state index < -0.39 is 52.5 Å². The van der Waals surface area contributed by atoms with E-state index in [2.05, 4.69) is 30.7 Å². The Balaban J connectivity index is 1.61. The Hall–Kier alpha value is -4.42. The number of sulfonamides is 1. The van der Waals surface area contributed by atoms with Crippen LogP contribution in [-0.2, 0) is 24.3 Å². The molecule has 18 heteroatoms. The summed E-state index contributed by atoms with van der Waals surface area (Å²) in [6.07, 6.45) is -2.45. The number of esters is 2. The molecule has 218 valence electrons. The molecule has 1 unspecified atom stereocenters. The molecule has 2 heterocycles. The number of carbonyl (C=O) groups is 4. The molecule has 2 aromatic heterocycles. The summed E-state index contributed by atoms with van der Waals surface area (Å²) in [5.74, 6) is -5.78. The lowest BCUT2D eigenvalue weighted by molar-refractivity contribution is -0.202. The molecular weight excluding hydrogens is 593 g/mol. The molecule has 2 amide bonds. The molecular formula is C23H21F3N6O7S2. The molecule has 0 fully saturated rings. The van der Waals surface area contributed by atoms with Gasteiger partial charge in [-0.3, -0.25) is 9.59 Å². The highest BCUT2D eigenvalue weighted by Crippen LogP contribution is 2.18. The summed E-state index contributed by atoms with van der Waals surface area (Å²) in [5.41, 5.74) is 0. The maximum Gasteiger partial charge on any atom is 0.491 e. The number of hydrogen-bond donors (Lipinski definition) is 4. The Morgan fingerprint density at radius 3 is 2.10 bits per heavy atom. The molecule has 0 bridgehead atoms. The highest BCUT2D eigenvalue weighted by atomic mass is 32.2. The van der Waals surface area contributed by atoms with E-state index in [-0.39, 0.29) is 21.2 Å². The maximum atomic E-state index is 12.6. The van der Waals surface area contributed by atoms with Crippen molar-refractivity contribution in [1.29, 1.82) is 0 Å². The standard InChI is InChI=1S/C23H21F3N6O7S2/c24-23(25,26)21(36)39-20(35)15(32-41(37,38)14-5-2-1-3-6-14)13-31-19(34)17-8-7-16(40-17)18(33)27-11-12-30-22-28-9-4-10-29-22/h1-10,15,32H,11-13H2,(H,27,33)(H,31,34)(H,28,29,30). The molecule has 0 aliphatic carbocycles. The predicted octanol–water partition coefficient (Wildman–Crippen LogP) is 1.09. The smallest absolute Gasteiger partial charge is 0.385 e. The van der Waals surface area contributed by atoms with E-state index in [1.165, 1.54) is 42.7 Å². The number of nitrogens with zero attached hydrogens (tertiary/aromatic N) is 2. The fourth-order valence-corrected chi connectivity index (χ4v) is 4.98. The number of hydrogen-bond acceptors (Lipinski definition) is 11. The van der Waals surface area contributed by atoms with E-state index in [0.717, 1.165) is 23.5 Å². The summed E-state index contributed by atoms with van der Waals surface area (Å²) in [6.45, 7) is -0.387. The predicted molar refractivity (Wildman–Crippen MR) is 137 cm³/mol. The second kappa shape index (κ2) is 13.8. The molecule has 0 aliphatic rings. The van der Waals surface area contributed by atoms with E-state index in [9.17, 15) is 40.8 Å². The van der Waals surface area contributed by atoms with Crippen LogP contribution < -0.4 is 20.7 Å². The summed E-state index contributed by atoms with van der Waals surface area (Å²) in [7, 11) is -4.48. The number of ether oxygens (including phenoxy) is 1. The summed E-state index contributed by atoms with van der Waals surface area (Å²) in [5, 5.41) is 7.69. The first kappa shape index (κ1) is 31.1. The number of nitrogens with one attached hydrogen (secondary N) is 4. The van der Waals surface area contributed by atoms with Gasteiger partial charge in [-0.05, 0) is 30.3 Å². The van der Waals surface area contributed by atoms with Gasteiger partial charge in [-0.25, -0.2) is 28.0 Å². The number of benzene rings is 1. The van der Waals surface area contributed by atoms with Crippen LogP contribution >= 0.6 is 11.3 Å². The van der Waals surface area contributed by atoms with Crippen LogP contribution in [0.5, 0.6) is 0 Å². The van der Waals surface area contributed by atoms with Gasteiger partial charge in [-0.2, -0.15) is 17.9 Å². The number of halogens is 3. The number of alkyl halides is 3. The van der Waals surface area contributed by atoms with E-state index >= 15 is 0 Å². The first-order valence-corrected chi connectivity index (χ1v) is 13.7. The van der Waals surface area contributed by atoms with E-state index in [1.807, 2.05) is 4.72 Å². The topological polar surface area (TPSA) is 186 Å². The van der Waals surface area contributed by atoms with Gasteiger partial charge in [0.25, 0.3) is 11.8 Å². The Morgan fingerprint density at radius 2 is 1.49 bits per heavy atom. The third-order valence-corrected chi connectivity index (χ3v) is 7.41. The van der Waals surface area contributed by atoms with Crippen molar-refractivity contribution in [1.82, 2.24) is 25.3 Å². The van der Waals surface area contributed by atoms with E-state index in [1.54, 1.807) is 6.07 Å². The van der Waals surface area contributed by atoms with Crippen molar-refractivity contribution in [2.24, 2.45) is 0 Å². The van der Waals surface area contributed by atoms with Gasteiger partial charge in [0.2, 0.25) is 16.0 Å². The number of carbonyl (C=O) groups excluding carboxylic acids is 4. The highest BCUT2D eigenvalue weighted by Gasteiger charge is 2.44. The van der Waals surface area contributed by atoms with Crippen LogP contribution in [0.25, 0.3) is 0 Å². The first-order valence-electron chi connectivity index (χ1n) is 11.4. The summed E-state index contributed by atoms with van der Waals surface area (Å²) in [6, 6.07) is 8.65. The molecule has 0 spiro atoms. The highest BCUT2D eigenvalue weighted by molar-refractivity contribution is 7.89. The van der Waals surface area contributed by atoms with Gasteiger partial charge in [-0.1, -0.05) is 18.2 Å². The fraction of sp³-hybridized carbons (Fsp3) is 0.217.